The average Bonchev–Trinajstić information content (AvgIpc) is 3.52. The van der Waals surface area contributed by atoms with Crippen molar-refractivity contribution in [2.24, 2.45) is 7.05 Å². The van der Waals surface area contributed by atoms with Crippen molar-refractivity contribution >= 4 is 16.8 Å². The first kappa shape index (κ1) is 24.0. The molecule has 1 unspecified atom stereocenters. The Morgan fingerprint density at radius 3 is 2.64 bits per heavy atom. The van der Waals surface area contributed by atoms with E-state index in [1.54, 1.807) is 13.3 Å². The van der Waals surface area contributed by atoms with Crippen molar-refractivity contribution in [2.45, 2.75) is 19.0 Å². The molecule has 4 aromatic rings. The largest absolute Gasteiger partial charge is 0.494 e. The van der Waals surface area contributed by atoms with Crippen molar-refractivity contribution in [3.63, 3.8) is 0 Å². The second-order valence-electron chi connectivity index (χ2n) is 8.99. The van der Waals surface area contributed by atoms with Crippen LogP contribution in [0.25, 0.3) is 10.9 Å². The number of benzene rings is 2. The number of ether oxygens (including phenoxy) is 2. The molecular formula is C27H32N6O3. The van der Waals surface area contributed by atoms with E-state index in [9.17, 15) is 4.79 Å². The zero-order valence-electron chi connectivity index (χ0n) is 20.8. The molecule has 1 N–H and O–H groups in total. The number of rotatable bonds is 9. The minimum Gasteiger partial charge on any atom is -0.494 e. The standard InChI is InChI=1S/C27H32N6O3/c1-31-12-11-28-26(31)22(19-20-7-4-3-5-8-20)29-27(34)24-21-9-6-10-23(35-2)25(21)33(30-24)14-13-32-15-17-36-18-16-32/h3-12,22H,13-19H2,1-2H3,(H,29,34). The third kappa shape index (κ3) is 5.12. The van der Waals surface area contributed by atoms with Gasteiger partial charge in [-0.05, 0) is 18.1 Å². The fraction of sp³-hybridized carbons (Fsp3) is 0.370. The molecule has 2 aromatic carbocycles. The molecule has 5 rings (SSSR count). The highest BCUT2D eigenvalue weighted by Crippen LogP contribution is 2.29. The van der Waals surface area contributed by atoms with E-state index in [0.29, 0.717) is 24.4 Å². The lowest BCUT2D eigenvalue weighted by Crippen LogP contribution is -2.38. The van der Waals surface area contributed by atoms with Gasteiger partial charge in [-0.1, -0.05) is 42.5 Å². The van der Waals surface area contributed by atoms with Crippen LogP contribution in [-0.2, 0) is 24.8 Å². The van der Waals surface area contributed by atoms with Crippen LogP contribution in [0.1, 0.15) is 27.9 Å². The Bertz CT molecular complexity index is 1310. The van der Waals surface area contributed by atoms with Crippen molar-refractivity contribution in [3.05, 3.63) is 78.0 Å². The summed E-state index contributed by atoms with van der Waals surface area (Å²) < 4.78 is 15.0. The van der Waals surface area contributed by atoms with Crippen LogP contribution in [0.3, 0.4) is 0 Å². The summed E-state index contributed by atoms with van der Waals surface area (Å²) in [5, 5.41) is 8.76. The summed E-state index contributed by atoms with van der Waals surface area (Å²) in [6, 6.07) is 15.5. The summed E-state index contributed by atoms with van der Waals surface area (Å²) in [5.74, 6) is 1.26. The molecule has 2 aromatic heterocycles. The van der Waals surface area contributed by atoms with E-state index in [2.05, 4.69) is 27.3 Å². The number of amides is 1. The quantitative estimate of drug-likeness (QED) is 0.390. The molecule has 1 amide bonds. The average molecular weight is 489 g/mol. The molecule has 9 heteroatoms. The number of hydrogen-bond acceptors (Lipinski definition) is 6. The number of carbonyl (C=O) groups is 1. The number of para-hydroxylation sites is 1. The number of nitrogens with one attached hydrogen (secondary N) is 1. The molecule has 0 saturated carbocycles. The van der Waals surface area contributed by atoms with Crippen LogP contribution in [0.2, 0.25) is 0 Å². The van der Waals surface area contributed by atoms with E-state index < -0.39 is 0 Å². The van der Waals surface area contributed by atoms with Gasteiger partial charge >= 0.3 is 0 Å². The van der Waals surface area contributed by atoms with E-state index in [1.807, 2.05) is 58.9 Å². The fourth-order valence-electron chi connectivity index (χ4n) is 4.76. The number of methoxy groups -OCH3 is 1. The van der Waals surface area contributed by atoms with Crippen molar-refractivity contribution < 1.29 is 14.3 Å². The van der Waals surface area contributed by atoms with Crippen LogP contribution >= 0.6 is 0 Å². The fourth-order valence-corrected chi connectivity index (χ4v) is 4.76. The topological polar surface area (TPSA) is 86.4 Å². The van der Waals surface area contributed by atoms with Crippen molar-refractivity contribution in [1.29, 1.82) is 0 Å². The van der Waals surface area contributed by atoms with Gasteiger partial charge in [-0.15, -0.1) is 0 Å². The van der Waals surface area contributed by atoms with Gasteiger partial charge in [0, 0.05) is 44.5 Å². The van der Waals surface area contributed by atoms with Crippen LogP contribution in [0.4, 0.5) is 0 Å². The Morgan fingerprint density at radius 1 is 1.11 bits per heavy atom. The van der Waals surface area contributed by atoms with E-state index >= 15 is 0 Å². The van der Waals surface area contributed by atoms with Gasteiger partial charge in [0.2, 0.25) is 0 Å². The number of morpholine rings is 1. The number of carbonyl (C=O) groups excluding carboxylic acids is 1. The van der Waals surface area contributed by atoms with Crippen LogP contribution in [0, 0.1) is 0 Å². The zero-order valence-corrected chi connectivity index (χ0v) is 20.8. The van der Waals surface area contributed by atoms with Gasteiger partial charge in [0.1, 0.15) is 17.1 Å². The third-order valence-electron chi connectivity index (χ3n) is 6.66. The first-order chi connectivity index (χ1) is 17.6. The van der Waals surface area contributed by atoms with Crippen molar-refractivity contribution in [1.82, 2.24) is 29.5 Å². The molecule has 36 heavy (non-hydrogen) atoms. The highest BCUT2D eigenvalue weighted by atomic mass is 16.5. The number of nitrogens with zero attached hydrogens (tertiary/aromatic N) is 5. The molecule has 1 saturated heterocycles. The monoisotopic (exact) mass is 488 g/mol. The van der Waals surface area contributed by atoms with E-state index in [1.165, 1.54) is 0 Å². The number of fused-ring (bicyclic) bond motifs is 1. The lowest BCUT2D eigenvalue weighted by Gasteiger charge is -2.26. The van der Waals surface area contributed by atoms with Gasteiger partial charge in [-0.2, -0.15) is 5.10 Å². The van der Waals surface area contributed by atoms with Gasteiger partial charge in [-0.25, -0.2) is 4.98 Å². The molecule has 0 spiro atoms. The molecule has 3 heterocycles. The van der Waals surface area contributed by atoms with Crippen molar-refractivity contribution in [3.8, 4) is 5.75 Å². The summed E-state index contributed by atoms with van der Waals surface area (Å²) in [6.07, 6.45) is 4.26. The van der Waals surface area contributed by atoms with Gasteiger partial charge in [0.05, 0.1) is 32.9 Å². The molecule has 0 bridgehead atoms. The number of hydrogen-bond donors (Lipinski definition) is 1. The summed E-state index contributed by atoms with van der Waals surface area (Å²) >= 11 is 0. The highest BCUT2D eigenvalue weighted by Gasteiger charge is 2.25. The molecular weight excluding hydrogens is 456 g/mol. The van der Waals surface area contributed by atoms with Crippen LogP contribution < -0.4 is 10.1 Å². The molecule has 1 atom stereocenters. The van der Waals surface area contributed by atoms with Crippen LogP contribution in [0.15, 0.2) is 60.9 Å². The Labute approximate surface area is 210 Å². The lowest BCUT2D eigenvalue weighted by atomic mass is 10.0. The third-order valence-corrected chi connectivity index (χ3v) is 6.66. The summed E-state index contributed by atoms with van der Waals surface area (Å²) in [7, 11) is 3.58. The maximum atomic E-state index is 13.7. The van der Waals surface area contributed by atoms with Crippen molar-refractivity contribution in [2.75, 3.05) is 40.0 Å². The molecule has 1 fully saturated rings. The number of imidazole rings is 1. The Balaban J connectivity index is 1.44. The molecule has 0 radical (unpaired) electrons. The maximum Gasteiger partial charge on any atom is 0.273 e. The number of aromatic nitrogens is 4. The smallest absolute Gasteiger partial charge is 0.273 e. The Hall–Kier alpha value is -3.69. The van der Waals surface area contributed by atoms with Gasteiger partial charge < -0.3 is 19.4 Å². The first-order valence-electron chi connectivity index (χ1n) is 12.3. The second-order valence-corrected chi connectivity index (χ2v) is 8.99. The lowest BCUT2D eigenvalue weighted by molar-refractivity contribution is 0.0361. The van der Waals surface area contributed by atoms with Gasteiger partial charge in [-0.3, -0.25) is 14.4 Å². The second kappa shape index (κ2) is 10.9. The predicted octanol–water partition coefficient (Wildman–Crippen LogP) is 2.82. The Morgan fingerprint density at radius 2 is 1.92 bits per heavy atom. The minimum atomic E-state index is -0.306. The normalized spacial score (nSPS) is 15.2. The zero-order chi connectivity index (χ0) is 24.9. The predicted molar refractivity (Wildman–Crippen MR) is 137 cm³/mol. The minimum absolute atomic E-state index is 0.234. The Kier molecular flexibility index (Phi) is 7.29. The molecule has 188 valence electrons. The van der Waals surface area contributed by atoms with E-state index in [4.69, 9.17) is 14.6 Å². The first-order valence-corrected chi connectivity index (χ1v) is 12.3. The summed E-state index contributed by atoms with van der Waals surface area (Å²) in [4.78, 5) is 20.6. The summed E-state index contributed by atoms with van der Waals surface area (Å²) in [5.41, 5.74) is 2.33. The molecule has 0 aliphatic carbocycles. The van der Waals surface area contributed by atoms with E-state index in [0.717, 1.165) is 55.1 Å². The van der Waals surface area contributed by atoms with Gasteiger partial charge in [0.15, 0.2) is 5.69 Å². The van der Waals surface area contributed by atoms with Crippen LogP contribution in [-0.4, -0.2) is 70.1 Å². The summed E-state index contributed by atoms with van der Waals surface area (Å²) in [6.45, 7) is 4.75. The maximum absolute atomic E-state index is 13.7. The SMILES string of the molecule is COc1cccc2c(C(=O)NC(Cc3ccccc3)c3nccn3C)nn(CCN3CCOCC3)c12. The molecule has 9 nitrogen and oxygen atoms in total. The molecule has 1 aliphatic rings. The highest BCUT2D eigenvalue weighted by molar-refractivity contribution is 6.06. The van der Waals surface area contributed by atoms with E-state index in [-0.39, 0.29) is 11.9 Å². The molecule has 1 aliphatic heterocycles. The van der Waals surface area contributed by atoms with Crippen LogP contribution in [0.5, 0.6) is 5.75 Å². The van der Waals surface area contributed by atoms with Gasteiger partial charge in [0.25, 0.3) is 5.91 Å². The number of aryl methyl sites for hydroxylation is 1.